The van der Waals surface area contributed by atoms with Crippen molar-refractivity contribution in [2.45, 2.75) is 19.8 Å². The van der Waals surface area contributed by atoms with Gasteiger partial charge in [0.25, 0.3) is 0 Å². The second-order valence-electron chi connectivity index (χ2n) is 2.56. The Morgan fingerprint density at radius 1 is 1.67 bits per heavy atom. The molecule has 0 spiro atoms. The predicted octanol–water partition coefficient (Wildman–Crippen LogP) is -2.83. The molecule has 0 unspecified atom stereocenters. The summed E-state index contributed by atoms with van der Waals surface area (Å²) in [6.07, 6.45) is 0. The molecule has 1 heterocycles. The van der Waals surface area contributed by atoms with Crippen LogP contribution in [0, 0.1) is 0 Å². The minimum atomic E-state index is -1.30. The Kier molecular flexibility index (Phi) is 4.52. The fraction of sp³-hybridized carbons (Fsp3) is 0.429. The first-order chi connectivity index (χ1) is 5.11. The molecule has 60 valence electrons. The number of nitrogens with zero attached hydrogens (tertiary/aromatic N) is 1. The molecule has 0 bridgehead atoms. The summed E-state index contributed by atoms with van der Waals surface area (Å²) in [5.74, 6) is -0.597. The Balaban J connectivity index is 0.00000121. The van der Waals surface area contributed by atoms with Crippen LogP contribution in [0.25, 0.3) is 0 Å². The molecule has 0 saturated heterocycles. The number of rotatable bonds is 2. The van der Waals surface area contributed by atoms with Gasteiger partial charge in [-0.3, -0.25) is 0 Å². The number of carbonyl (C=O) groups excluding carboxylic acids is 1. The monoisotopic (exact) mass is 177 g/mol. The number of carboxylic acid groups (broad SMARTS) is 1. The van der Waals surface area contributed by atoms with Gasteiger partial charge in [0.15, 0.2) is 0 Å². The SMILES string of the molecule is CC(C)c1cc(C(=O)[O-])no1.[Na+]. The van der Waals surface area contributed by atoms with E-state index < -0.39 is 5.97 Å². The molecule has 0 saturated carbocycles. The molecule has 0 amide bonds. The van der Waals surface area contributed by atoms with Crippen LogP contribution in [0.1, 0.15) is 36.0 Å². The first kappa shape index (κ1) is 11.7. The van der Waals surface area contributed by atoms with Crippen molar-refractivity contribution in [2.75, 3.05) is 0 Å². The third-order valence-electron chi connectivity index (χ3n) is 1.31. The molecule has 0 aliphatic rings. The molecule has 0 N–H and O–H groups in total. The van der Waals surface area contributed by atoms with Crippen LogP contribution in [-0.4, -0.2) is 11.1 Å². The van der Waals surface area contributed by atoms with Gasteiger partial charge in [-0.15, -0.1) is 0 Å². The molecule has 4 nitrogen and oxygen atoms in total. The second kappa shape index (κ2) is 4.64. The number of carboxylic acids is 1. The van der Waals surface area contributed by atoms with Crippen LogP contribution in [0.3, 0.4) is 0 Å². The average molecular weight is 177 g/mol. The van der Waals surface area contributed by atoms with E-state index in [9.17, 15) is 9.90 Å². The predicted molar refractivity (Wildman–Crippen MR) is 34.9 cm³/mol. The molecule has 0 aliphatic carbocycles. The van der Waals surface area contributed by atoms with Gasteiger partial charge in [0.05, 0.1) is 5.97 Å². The molecular weight excluding hydrogens is 169 g/mol. The van der Waals surface area contributed by atoms with Crippen LogP contribution >= 0.6 is 0 Å². The Bertz CT molecular complexity index is 269. The fourth-order valence-corrected chi connectivity index (χ4v) is 0.658. The van der Waals surface area contributed by atoms with E-state index in [1.165, 1.54) is 6.07 Å². The first-order valence-electron chi connectivity index (χ1n) is 3.29. The van der Waals surface area contributed by atoms with Gasteiger partial charge in [0.1, 0.15) is 11.5 Å². The van der Waals surface area contributed by atoms with E-state index in [1.807, 2.05) is 13.8 Å². The van der Waals surface area contributed by atoms with E-state index in [2.05, 4.69) is 5.16 Å². The van der Waals surface area contributed by atoms with E-state index in [0.29, 0.717) is 5.76 Å². The Morgan fingerprint density at radius 2 is 2.25 bits per heavy atom. The number of aromatic carboxylic acids is 1. The Morgan fingerprint density at radius 3 is 2.50 bits per heavy atom. The number of hydrogen-bond donors (Lipinski definition) is 0. The molecule has 12 heavy (non-hydrogen) atoms. The minimum absolute atomic E-state index is 0. The summed E-state index contributed by atoms with van der Waals surface area (Å²) in [6, 6.07) is 1.38. The number of carbonyl (C=O) groups is 1. The van der Waals surface area contributed by atoms with Crippen LogP contribution in [-0.2, 0) is 0 Å². The van der Waals surface area contributed by atoms with Gasteiger partial charge in [-0.25, -0.2) is 0 Å². The van der Waals surface area contributed by atoms with Crippen LogP contribution < -0.4 is 34.7 Å². The second-order valence-corrected chi connectivity index (χ2v) is 2.56. The smallest absolute Gasteiger partial charge is 0.543 e. The van der Waals surface area contributed by atoms with Crippen molar-refractivity contribution in [1.29, 1.82) is 0 Å². The van der Waals surface area contributed by atoms with Gasteiger partial charge in [-0.1, -0.05) is 19.0 Å². The van der Waals surface area contributed by atoms with E-state index in [0.717, 1.165) is 0 Å². The zero-order valence-electron chi connectivity index (χ0n) is 7.33. The molecule has 1 aromatic heterocycles. The average Bonchev–Trinajstić information content (AvgIpc) is 2.33. The van der Waals surface area contributed by atoms with Crippen LogP contribution in [0.5, 0.6) is 0 Å². The molecule has 1 rings (SSSR count). The third kappa shape index (κ3) is 2.62. The summed E-state index contributed by atoms with van der Waals surface area (Å²) in [5, 5.41) is 13.5. The maximum absolute atomic E-state index is 10.2. The first-order valence-corrected chi connectivity index (χ1v) is 3.29. The Labute approximate surface area is 92.2 Å². The molecule has 0 radical (unpaired) electrons. The van der Waals surface area contributed by atoms with E-state index in [-0.39, 0.29) is 41.2 Å². The summed E-state index contributed by atoms with van der Waals surface area (Å²) in [5.41, 5.74) is -0.145. The van der Waals surface area contributed by atoms with Crippen molar-refractivity contribution in [3.63, 3.8) is 0 Å². The minimum Gasteiger partial charge on any atom is -0.543 e. The molecule has 5 heteroatoms. The zero-order chi connectivity index (χ0) is 8.43. The van der Waals surface area contributed by atoms with Gasteiger partial charge in [0.2, 0.25) is 0 Å². The third-order valence-corrected chi connectivity index (χ3v) is 1.31. The number of hydrogen-bond acceptors (Lipinski definition) is 4. The van der Waals surface area contributed by atoms with Gasteiger partial charge in [-0.05, 0) is 0 Å². The number of aromatic nitrogens is 1. The maximum Gasteiger partial charge on any atom is 1.00 e. The zero-order valence-corrected chi connectivity index (χ0v) is 9.33. The quantitative estimate of drug-likeness (QED) is 0.456. The van der Waals surface area contributed by atoms with Crippen molar-refractivity contribution in [3.8, 4) is 0 Å². The van der Waals surface area contributed by atoms with Crippen molar-refractivity contribution >= 4 is 5.97 Å². The molecule has 0 aliphatic heterocycles. The summed E-state index contributed by atoms with van der Waals surface area (Å²) in [4.78, 5) is 10.2. The van der Waals surface area contributed by atoms with Gasteiger partial charge in [-0.2, -0.15) is 0 Å². The van der Waals surface area contributed by atoms with Gasteiger partial charge < -0.3 is 14.4 Å². The molecule has 0 atom stereocenters. The van der Waals surface area contributed by atoms with Crippen LogP contribution in [0.2, 0.25) is 0 Å². The summed E-state index contributed by atoms with van der Waals surface area (Å²) in [6.45, 7) is 3.78. The van der Waals surface area contributed by atoms with Crippen molar-refractivity contribution in [3.05, 3.63) is 17.5 Å². The molecule has 0 aromatic carbocycles. The van der Waals surface area contributed by atoms with Gasteiger partial charge in [0, 0.05) is 12.0 Å². The molecular formula is C7H8NNaO3. The summed E-state index contributed by atoms with van der Waals surface area (Å²) >= 11 is 0. The summed E-state index contributed by atoms with van der Waals surface area (Å²) < 4.78 is 4.72. The maximum atomic E-state index is 10.2. The van der Waals surface area contributed by atoms with Crippen LogP contribution in [0.4, 0.5) is 0 Å². The van der Waals surface area contributed by atoms with E-state index in [4.69, 9.17) is 4.52 Å². The largest absolute Gasteiger partial charge is 1.00 e. The van der Waals surface area contributed by atoms with Crippen molar-refractivity contribution in [1.82, 2.24) is 5.16 Å². The van der Waals surface area contributed by atoms with Crippen LogP contribution in [0.15, 0.2) is 10.6 Å². The van der Waals surface area contributed by atoms with Crippen molar-refractivity contribution < 1.29 is 44.0 Å². The van der Waals surface area contributed by atoms with E-state index in [1.54, 1.807) is 0 Å². The normalized spacial score (nSPS) is 9.58. The summed E-state index contributed by atoms with van der Waals surface area (Å²) in [7, 11) is 0. The standard InChI is InChI=1S/C7H9NO3.Na/c1-4(2)6-3-5(7(9)10)8-11-6;/h3-4H,1-2H3,(H,9,10);/q;+1/p-1. The van der Waals surface area contributed by atoms with Crippen molar-refractivity contribution in [2.24, 2.45) is 0 Å². The topological polar surface area (TPSA) is 66.2 Å². The Hall–Kier alpha value is -0.320. The van der Waals surface area contributed by atoms with Gasteiger partial charge >= 0.3 is 29.6 Å². The fourth-order valence-electron chi connectivity index (χ4n) is 0.658. The molecule has 1 aromatic rings. The van der Waals surface area contributed by atoms with E-state index >= 15 is 0 Å². The molecule has 0 fully saturated rings.